The van der Waals surface area contributed by atoms with Gasteiger partial charge < -0.3 is 19.7 Å². The van der Waals surface area contributed by atoms with Gasteiger partial charge in [-0.05, 0) is 60.9 Å². The molecule has 0 bridgehead atoms. The average molecular weight is 660 g/mol. The summed E-state index contributed by atoms with van der Waals surface area (Å²) >= 11 is 0. The van der Waals surface area contributed by atoms with Gasteiger partial charge in [-0.3, -0.25) is 13.9 Å². The Labute approximate surface area is 275 Å². The maximum atomic E-state index is 14.5. The molecule has 0 saturated carbocycles. The van der Waals surface area contributed by atoms with Crippen molar-refractivity contribution < 1.29 is 31.9 Å². The van der Waals surface area contributed by atoms with E-state index < -0.39 is 34.3 Å². The monoisotopic (exact) mass is 659 g/mol. The molecule has 9 nitrogen and oxygen atoms in total. The van der Waals surface area contributed by atoms with Crippen LogP contribution in [0.5, 0.6) is 11.5 Å². The number of carbonyl (C=O) groups excluding carboxylic acids is 2. The lowest BCUT2D eigenvalue weighted by atomic mass is 10.0. The van der Waals surface area contributed by atoms with Gasteiger partial charge in [-0.15, -0.1) is 0 Å². The molecule has 0 spiro atoms. The number of hydrogen-bond donors (Lipinski definition) is 1. The fraction of sp³-hybridized carbons (Fsp3) is 0.278. The number of carbonyl (C=O) groups is 2. The van der Waals surface area contributed by atoms with Gasteiger partial charge in [0.25, 0.3) is 10.0 Å². The van der Waals surface area contributed by atoms with Crippen molar-refractivity contribution in [1.82, 2.24) is 10.2 Å². The van der Waals surface area contributed by atoms with Crippen molar-refractivity contribution in [3.05, 3.63) is 120 Å². The molecule has 1 atom stereocenters. The minimum atomic E-state index is -4.40. The molecular weight excluding hydrogens is 621 g/mol. The van der Waals surface area contributed by atoms with Crippen molar-refractivity contribution >= 4 is 27.5 Å². The zero-order chi connectivity index (χ0) is 33.4. The highest BCUT2D eigenvalue weighted by Crippen LogP contribution is 2.34. The Hall–Kier alpha value is -4.90. The molecule has 0 fully saturated rings. The maximum Gasteiger partial charge on any atom is 0.264 e. The summed E-state index contributed by atoms with van der Waals surface area (Å²) in [7, 11) is -4.40. The molecule has 246 valence electrons. The number of anilines is 1. The summed E-state index contributed by atoms with van der Waals surface area (Å²) in [6.45, 7) is 4.29. The summed E-state index contributed by atoms with van der Waals surface area (Å²) in [5, 5.41) is 2.93. The van der Waals surface area contributed by atoms with Gasteiger partial charge in [0.2, 0.25) is 11.8 Å². The summed E-state index contributed by atoms with van der Waals surface area (Å²) in [6.07, 6.45) is 0.904. The van der Waals surface area contributed by atoms with Crippen LogP contribution in [0, 0.1) is 12.7 Å². The van der Waals surface area contributed by atoms with E-state index in [9.17, 15) is 22.4 Å². The first-order chi connectivity index (χ1) is 22.7. The van der Waals surface area contributed by atoms with Crippen LogP contribution in [-0.4, -0.2) is 57.5 Å². The van der Waals surface area contributed by atoms with E-state index in [2.05, 4.69) is 5.32 Å². The number of aryl methyl sites for hydroxylation is 1. The van der Waals surface area contributed by atoms with Crippen molar-refractivity contribution in [2.45, 2.75) is 44.2 Å². The molecule has 4 aromatic carbocycles. The van der Waals surface area contributed by atoms with Gasteiger partial charge in [0.15, 0.2) is 11.5 Å². The lowest BCUT2D eigenvalue weighted by Crippen LogP contribution is -2.53. The zero-order valence-electron chi connectivity index (χ0n) is 26.4. The molecule has 0 aromatic heterocycles. The van der Waals surface area contributed by atoms with Crippen molar-refractivity contribution in [3.63, 3.8) is 0 Å². The number of amides is 2. The number of sulfonamides is 1. The highest BCUT2D eigenvalue weighted by molar-refractivity contribution is 7.92. The predicted octanol–water partition coefficient (Wildman–Crippen LogP) is 5.27. The van der Waals surface area contributed by atoms with Crippen LogP contribution < -0.4 is 19.1 Å². The smallest absolute Gasteiger partial charge is 0.264 e. The van der Waals surface area contributed by atoms with E-state index in [-0.39, 0.29) is 41.8 Å². The highest BCUT2D eigenvalue weighted by Gasteiger charge is 2.35. The van der Waals surface area contributed by atoms with Gasteiger partial charge >= 0.3 is 0 Å². The normalized spacial score (nSPS) is 13.0. The Balaban J connectivity index is 1.56. The Kier molecular flexibility index (Phi) is 10.8. The number of nitrogens with one attached hydrogen (secondary N) is 1. The quantitative estimate of drug-likeness (QED) is 0.210. The SMILES string of the molecule is CCCNC(=O)C(Cc1ccccc1)N(Cc1ccc(C)cc1)C(=O)CN(c1ccc(F)cc1)S(=O)(=O)c1ccc2c(c1)OCCO2. The van der Waals surface area contributed by atoms with Crippen LogP contribution >= 0.6 is 0 Å². The molecule has 5 rings (SSSR count). The van der Waals surface area contributed by atoms with Crippen molar-refractivity contribution in [2.24, 2.45) is 0 Å². The van der Waals surface area contributed by atoms with Crippen molar-refractivity contribution in [2.75, 3.05) is 30.6 Å². The van der Waals surface area contributed by atoms with Gasteiger partial charge in [0.1, 0.15) is 31.6 Å². The van der Waals surface area contributed by atoms with E-state index in [0.717, 1.165) is 33.1 Å². The first-order valence-electron chi connectivity index (χ1n) is 15.5. The lowest BCUT2D eigenvalue weighted by Gasteiger charge is -2.34. The summed E-state index contributed by atoms with van der Waals surface area (Å²) in [5.41, 5.74) is 2.72. The molecule has 11 heteroatoms. The number of benzene rings is 4. The fourth-order valence-corrected chi connectivity index (χ4v) is 6.69. The largest absolute Gasteiger partial charge is 0.486 e. The number of nitrogens with zero attached hydrogens (tertiary/aromatic N) is 2. The third-order valence-electron chi connectivity index (χ3n) is 7.79. The second-order valence-electron chi connectivity index (χ2n) is 11.3. The first-order valence-corrected chi connectivity index (χ1v) is 16.9. The molecule has 1 aliphatic heterocycles. The predicted molar refractivity (Wildman–Crippen MR) is 177 cm³/mol. The summed E-state index contributed by atoms with van der Waals surface area (Å²) in [6, 6.07) is 25.1. The number of rotatable bonds is 13. The second-order valence-corrected chi connectivity index (χ2v) is 13.2. The first kappa shape index (κ1) is 33.5. The third kappa shape index (κ3) is 8.28. The van der Waals surface area contributed by atoms with Gasteiger partial charge in [-0.25, -0.2) is 12.8 Å². The zero-order valence-corrected chi connectivity index (χ0v) is 27.2. The van der Waals surface area contributed by atoms with Gasteiger partial charge in [-0.2, -0.15) is 0 Å². The van der Waals surface area contributed by atoms with Gasteiger partial charge in [-0.1, -0.05) is 67.1 Å². The minimum absolute atomic E-state index is 0.0531. The van der Waals surface area contributed by atoms with E-state index in [1.807, 2.05) is 68.4 Å². The topological polar surface area (TPSA) is 105 Å². The molecule has 4 aromatic rings. The molecule has 47 heavy (non-hydrogen) atoms. The molecule has 1 heterocycles. The molecule has 0 radical (unpaired) electrons. The van der Waals surface area contributed by atoms with Gasteiger partial charge in [0, 0.05) is 25.6 Å². The van der Waals surface area contributed by atoms with Crippen LogP contribution in [0.2, 0.25) is 0 Å². The highest BCUT2D eigenvalue weighted by atomic mass is 32.2. The molecule has 1 N–H and O–H groups in total. The minimum Gasteiger partial charge on any atom is -0.486 e. The van der Waals surface area contributed by atoms with E-state index in [4.69, 9.17) is 9.47 Å². The molecule has 0 aliphatic carbocycles. The van der Waals surface area contributed by atoms with Crippen molar-refractivity contribution in [3.8, 4) is 11.5 Å². The Morgan fingerprint density at radius 1 is 0.872 bits per heavy atom. The molecule has 1 unspecified atom stereocenters. The molecule has 0 saturated heterocycles. The van der Waals surface area contributed by atoms with Crippen LogP contribution in [-0.2, 0) is 32.6 Å². The van der Waals surface area contributed by atoms with Gasteiger partial charge in [0.05, 0.1) is 10.6 Å². The molecular formula is C36H38FN3O6S. The lowest BCUT2D eigenvalue weighted by molar-refractivity contribution is -0.140. The Bertz CT molecular complexity index is 1780. The second kappa shape index (κ2) is 15.1. The summed E-state index contributed by atoms with van der Waals surface area (Å²) < 4.78 is 54.7. The van der Waals surface area contributed by atoms with Crippen LogP contribution in [0.1, 0.15) is 30.0 Å². The van der Waals surface area contributed by atoms with Crippen LogP contribution in [0.15, 0.2) is 102 Å². The summed E-state index contributed by atoms with van der Waals surface area (Å²) in [4.78, 5) is 29.5. The maximum absolute atomic E-state index is 14.5. The van der Waals surface area contributed by atoms with E-state index >= 15 is 0 Å². The number of fused-ring (bicyclic) bond motifs is 1. The molecule has 2 amide bonds. The third-order valence-corrected chi connectivity index (χ3v) is 9.56. The van der Waals surface area contributed by atoms with E-state index in [1.165, 1.54) is 35.2 Å². The Morgan fingerprint density at radius 3 is 2.23 bits per heavy atom. The number of hydrogen-bond acceptors (Lipinski definition) is 6. The number of ether oxygens (including phenoxy) is 2. The average Bonchev–Trinajstić information content (AvgIpc) is 3.09. The fourth-order valence-electron chi connectivity index (χ4n) is 5.26. The standard InChI is InChI=1S/C36H38FN3O6S/c1-3-19-38-36(42)32(22-27-7-5-4-6-8-27)39(24-28-11-9-26(2)10-12-28)35(41)25-40(30-15-13-29(37)14-16-30)47(43,44)31-17-18-33-34(23-31)46-21-20-45-33/h4-18,23,32H,3,19-22,24-25H2,1-2H3,(H,38,42). The van der Waals surface area contributed by atoms with Crippen molar-refractivity contribution in [1.29, 1.82) is 0 Å². The van der Waals surface area contributed by atoms with Crippen LogP contribution in [0.4, 0.5) is 10.1 Å². The van der Waals surface area contributed by atoms with Crippen LogP contribution in [0.25, 0.3) is 0 Å². The van der Waals surface area contributed by atoms with E-state index in [0.29, 0.717) is 25.3 Å². The summed E-state index contributed by atoms with van der Waals surface area (Å²) in [5.74, 6) is -0.846. The van der Waals surface area contributed by atoms with Crippen LogP contribution in [0.3, 0.4) is 0 Å². The van der Waals surface area contributed by atoms with E-state index in [1.54, 1.807) is 0 Å². The Morgan fingerprint density at radius 2 is 1.55 bits per heavy atom. The number of halogens is 1. The molecule has 1 aliphatic rings.